The number of alkyl halides is 3. The van der Waals surface area contributed by atoms with E-state index in [9.17, 15) is 13.2 Å². The van der Waals surface area contributed by atoms with Crippen molar-refractivity contribution < 1.29 is 13.2 Å². The molecule has 1 saturated heterocycles. The van der Waals surface area contributed by atoms with Crippen molar-refractivity contribution in [1.29, 1.82) is 0 Å². The van der Waals surface area contributed by atoms with Crippen LogP contribution in [0, 0.1) is 0 Å². The Balaban J connectivity index is 1.42. The molecular weight excluding hydrogens is 403 g/mol. The van der Waals surface area contributed by atoms with Crippen LogP contribution >= 0.6 is 11.6 Å². The summed E-state index contributed by atoms with van der Waals surface area (Å²) in [4.78, 5) is 16.5. The molecule has 0 amide bonds. The molecule has 0 saturated carbocycles. The van der Waals surface area contributed by atoms with Crippen LogP contribution in [0.2, 0.25) is 5.02 Å². The second-order valence-corrected chi connectivity index (χ2v) is 7.05. The van der Waals surface area contributed by atoms with Crippen LogP contribution in [0.3, 0.4) is 0 Å². The van der Waals surface area contributed by atoms with Crippen LogP contribution in [0.1, 0.15) is 5.56 Å². The Morgan fingerprint density at radius 1 is 0.828 bits per heavy atom. The molecule has 0 spiro atoms. The lowest BCUT2D eigenvalue weighted by Gasteiger charge is -2.36. The molecule has 0 aromatic carbocycles. The van der Waals surface area contributed by atoms with E-state index in [1.54, 1.807) is 12.4 Å². The Labute approximate surface area is 170 Å². The Morgan fingerprint density at radius 2 is 1.52 bits per heavy atom. The third kappa shape index (κ3) is 4.27. The van der Waals surface area contributed by atoms with Crippen LogP contribution in [-0.2, 0) is 6.18 Å². The largest absolute Gasteiger partial charge is 0.417 e. The highest BCUT2D eigenvalue weighted by molar-refractivity contribution is 6.33. The molecule has 0 aliphatic carbocycles. The van der Waals surface area contributed by atoms with Crippen molar-refractivity contribution in [3.8, 4) is 11.1 Å². The highest BCUT2D eigenvalue weighted by atomic mass is 35.5. The number of rotatable bonds is 3. The molecule has 0 N–H and O–H groups in total. The van der Waals surface area contributed by atoms with Gasteiger partial charge in [0.15, 0.2) is 0 Å². The number of halogens is 4. The Bertz CT molecular complexity index is 972. The Hall–Kier alpha value is -2.87. The quantitative estimate of drug-likeness (QED) is 0.623. The van der Waals surface area contributed by atoms with Crippen LogP contribution in [0.15, 0.2) is 55.1 Å². The molecule has 3 aromatic rings. The zero-order valence-electron chi connectivity index (χ0n) is 15.3. The van der Waals surface area contributed by atoms with Crippen LogP contribution in [-0.4, -0.2) is 41.1 Å². The molecule has 0 bridgehead atoms. The van der Waals surface area contributed by atoms with Crippen molar-refractivity contribution in [2.24, 2.45) is 0 Å². The number of anilines is 2. The molecule has 1 aliphatic heterocycles. The minimum absolute atomic E-state index is 0.00750. The summed E-state index contributed by atoms with van der Waals surface area (Å²) < 4.78 is 38.4. The average Bonchev–Trinajstić information content (AvgIpc) is 2.74. The lowest BCUT2D eigenvalue weighted by atomic mass is 10.1. The monoisotopic (exact) mass is 419 g/mol. The number of aromatic nitrogens is 3. The van der Waals surface area contributed by atoms with Crippen molar-refractivity contribution >= 4 is 23.2 Å². The van der Waals surface area contributed by atoms with Gasteiger partial charge >= 0.3 is 6.18 Å². The van der Waals surface area contributed by atoms with Gasteiger partial charge in [-0.1, -0.05) is 11.6 Å². The smallest absolute Gasteiger partial charge is 0.353 e. The van der Waals surface area contributed by atoms with Gasteiger partial charge in [-0.3, -0.25) is 4.98 Å². The first-order chi connectivity index (χ1) is 13.9. The standard InChI is InChI=1S/C20H17ClF3N5/c21-17-11-16(20(22,23)24)13-27-19(17)29-9-7-28(8-10-29)18-2-1-15(12-26-18)14-3-5-25-6-4-14/h1-6,11-13H,7-10H2. The van der Waals surface area contributed by atoms with Gasteiger partial charge in [-0.15, -0.1) is 0 Å². The molecule has 4 rings (SSSR count). The van der Waals surface area contributed by atoms with Crippen molar-refractivity contribution in [2.75, 3.05) is 36.0 Å². The molecule has 9 heteroatoms. The highest BCUT2D eigenvalue weighted by Gasteiger charge is 2.32. The predicted octanol–water partition coefficient (Wildman–Crippen LogP) is 4.54. The van der Waals surface area contributed by atoms with Gasteiger partial charge in [0, 0.05) is 56.5 Å². The number of nitrogens with zero attached hydrogens (tertiary/aromatic N) is 5. The third-order valence-electron chi connectivity index (χ3n) is 4.81. The van der Waals surface area contributed by atoms with Crippen molar-refractivity contribution in [2.45, 2.75) is 6.18 Å². The molecule has 1 aliphatic rings. The summed E-state index contributed by atoms with van der Waals surface area (Å²) in [5.74, 6) is 1.23. The third-order valence-corrected chi connectivity index (χ3v) is 5.09. The normalized spacial score (nSPS) is 14.9. The summed E-state index contributed by atoms with van der Waals surface area (Å²) >= 11 is 6.06. The lowest BCUT2D eigenvalue weighted by molar-refractivity contribution is -0.137. The van der Waals surface area contributed by atoms with Gasteiger partial charge in [0.2, 0.25) is 0 Å². The Morgan fingerprint density at radius 3 is 2.10 bits per heavy atom. The highest BCUT2D eigenvalue weighted by Crippen LogP contribution is 2.34. The van der Waals surface area contributed by atoms with Crippen molar-refractivity contribution in [3.63, 3.8) is 0 Å². The van der Waals surface area contributed by atoms with Crippen LogP contribution < -0.4 is 9.80 Å². The maximum atomic E-state index is 12.8. The van der Waals surface area contributed by atoms with E-state index in [1.165, 1.54) is 0 Å². The maximum absolute atomic E-state index is 12.8. The van der Waals surface area contributed by atoms with E-state index in [2.05, 4.69) is 19.9 Å². The fourth-order valence-electron chi connectivity index (χ4n) is 3.25. The van der Waals surface area contributed by atoms with Crippen LogP contribution in [0.25, 0.3) is 11.1 Å². The fourth-order valence-corrected chi connectivity index (χ4v) is 3.54. The second kappa shape index (κ2) is 7.87. The zero-order chi connectivity index (χ0) is 20.4. The SMILES string of the molecule is FC(F)(F)c1cnc(N2CCN(c3ccc(-c4ccncc4)cn3)CC2)c(Cl)c1. The summed E-state index contributed by atoms with van der Waals surface area (Å²) in [6, 6.07) is 8.76. The van der Waals surface area contributed by atoms with E-state index in [4.69, 9.17) is 11.6 Å². The maximum Gasteiger partial charge on any atom is 0.417 e. The first-order valence-electron chi connectivity index (χ1n) is 9.01. The van der Waals surface area contributed by atoms with E-state index < -0.39 is 11.7 Å². The van der Waals surface area contributed by atoms with E-state index in [0.29, 0.717) is 32.0 Å². The van der Waals surface area contributed by atoms with Gasteiger partial charge in [0.1, 0.15) is 11.6 Å². The number of piperazine rings is 1. The summed E-state index contributed by atoms with van der Waals surface area (Å²) in [6.07, 6.45) is 1.67. The van der Waals surface area contributed by atoms with E-state index in [-0.39, 0.29) is 5.02 Å². The number of hydrogen-bond acceptors (Lipinski definition) is 5. The molecule has 3 aromatic heterocycles. The molecular formula is C20H17ClF3N5. The van der Waals surface area contributed by atoms with Crippen molar-refractivity contribution in [1.82, 2.24) is 15.0 Å². The second-order valence-electron chi connectivity index (χ2n) is 6.64. The molecule has 150 valence electrons. The topological polar surface area (TPSA) is 45.2 Å². The van der Waals surface area contributed by atoms with Gasteiger partial charge in [0.05, 0.1) is 10.6 Å². The molecule has 0 radical (unpaired) electrons. The van der Waals surface area contributed by atoms with Gasteiger partial charge < -0.3 is 9.80 Å². The first kappa shape index (κ1) is 19.4. The lowest BCUT2D eigenvalue weighted by Crippen LogP contribution is -2.47. The first-order valence-corrected chi connectivity index (χ1v) is 9.39. The summed E-state index contributed by atoms with van der Waals surface area (Å²) in [5.41, 5.74) is 1.21. The molecule has 5 nitrogen and oxygen atoms in total. The number of pyridine rings is 3. The summed E-state index contributed by atoms with van der Waals surface area (Å²) in [5, 5.41) is 0.00750. The average molecular weight is 420 g/mol. The molecule has 1 fully saturated rings. The zero-order valence-corrected chi connectivity index (χ0v) is 16.0. The molecule has 0 atom stereocenters. The summed E-state index contributed by atoms with van der Waals surface area (Å²) in [7, 11) is 0. The van der Waals surface area contributed by atoms with Gasteiger partial charge in [0.25, 0.3) is 0 Å². The molecule has 29 heavy (non-hydrogen) atoms. The van der Waals surface area contributed by atoms with Gasteiger partial charge in [-0.25, -0.2) is 9.97 Å². The predicted molar refractivity (Wildman–Crippen MR) is 106 cm³/mol. The number of hydrogen-bond donors (Lipinski definition) is 0. The van der Waals surface area contributed by atoms with E-state index >= 15 is 0 Å². The van der Waals surface area contributed by atoms with Crippen LogP contribution in [0.4, 0.5) is 24.8 Å². The van der Waals surface area contributed by atoms with E-state index in [1.807, 2.05) is 35.4 Å². The fraction of sp³-hybridized carbons (Fsp3) is 0.250. The Kier molecular flexibility index (Phi) is 5.27. The van der Waals surface area contributed by atoms with Crippen LogP contribution in [0.5, 0.6) is 0 Å². The summed E-state index contributed by atoms with van der Waals surface area (Å²) in [6.45, 7) is 2.51. The van der Waals surface area contributed by atoms with Gasteiger partial charge in [-0.2, -0.15) is 13.2 Å². The molecule has 4 heterocycles. The van der Waals surface area contributed by atoms with E-state index in [0.717, 1.165) is 29.2 Å². The van der Waals surface area contributed by atoms with Crippen molar-refractivity contribution in [3.05, 3.63) is 65.7 Å². The molecule has 0 unspecified atom stereocenters. The van der Waals surface area contributed by atoms with Gasteiger partial charge in [-0.05, 0) is 35.9 Å². The minimum Gasteiger partial charge on any atom is -0.353 e. The minimum atomic E-state index is -4.46.